The molecule has 0 fully saturated rings. The van der Waals surface area contributed by atoms with Gasteiger partial charge in [0.15, 0.2) is 0 Å². The van der Waals surface area contributed by atoms with Gasteiger partial charge in [0.1, 0.15) is 5.69 Å². The van der Waals surface area contributed by atoms with Crippen molar-refractivity contribution in [2.24, 2.45) is 0 Å². The molecular formula is C10H11N3. The molecule has 0 aliphatic carbocycles. The van der Waals surface area contributed by atoms with Crippen LogP contribution in [-0.2, 0) is 0 Å². The van der Waals surface area contributed by atoms with E-state index in [1.807, 2.05) is 0 Å². The summed E-state index contributed by atoms with van der Waals surface area (Å²) in [5.41, 5.74) is 1.56. The van der Waals surface area contributed by atoms with Crippen molar-refractivity contribution in [2.75, 3.05) is 0 Å². The zero-order valence-corrected chi connectivity index (χ0v) is 7.35. The molecule has 3 heteroatoms. The molecule has 1 aromatic heterocycles. The highest BCUT2D eigenvalue weighted by Crippen LogP contribution is 2.05. The molecule has 0 aromatic carbocycles. The van der Waals surface area contributed by atoms with E-state index in [9.17, 15) is 0 Å². The van der Waals surface area contributed by atoms with Gasteiger partial charge in [0.05, 0.1) is 11.9 Å². The second kappa shape index (κ2) is 4.21. The molecule has 1 rings (SSSR count). The average molecular weight is 173 g/mol. The second-order valence-electron chi connectivity index (χ2n) is 2.32. The summed E-state index contributed by atoms with van der Waals surface area (Å²) in [6, 6.07) is 0. The van der Waals surface area contributed by atoms with Gasteiger partial charge in [-0.1, -0.05) is 31.0 Å². The Morgan fingerprint density at radius 3 is 2.62 bits per heavy atom. The molecule has 0 radical (unpaired) electrons. The van der Waals surface area contributed by atoms with Gasteiger partial charge in [0, 0.05) is 0 Å². The summed E-state index contributed by atoms with van der Waals surface area (Å²) in [6.45, 7) is 10.8. The summed E-state index contributed by atoms with van der Waals surface area (Å²) in [6.07, 6.45) is 8.56. The zero-order valence-electron chi connectivity index (χ0n) is 7.35. The second-order valence-corrected chi connectivity index (χ2v) is 2.32. The molecule has 66 valence electrons. The van der Waals surface area contributed by atoms with E-state index >= 15 is 0 Å². The molecule has 1 aromatic rings. The molecule has 0 aliphatic heterocycles. The lowest BCUT2D eigenvalue weighted by Crippen LogP contribution is -1.94. The van der Waals surface area contributed by atoms with Crippen molar-refractivity contribution in [3.05, 3.63) is 49.9 Å². The van der Waals surface area contributed by atoms with E-state index < -0.39 is 0 Å². The fourth-order valence-electron chi connectivity index (χ4n) is 0.855. The largest absolute Gasteiger partial charge is 0.220 e. The predicted molar refractivity (Wildman–Crippen MR) is 54.8 cm³/mol. The maximum Gasteiger partial charge on any atom is 0.105 e. The Balaban J connectivity index is 3.04. The van der Waals surface area contributed by atoms with E-state index in [4.69, 9.17) is 0 Å². The third-order valence-corrected chi connectivity index (χ3v) is 1.48. The maximum absolute atomic E-state index is 3.88. The van der Waals surface area contributed by atoms with Gasteiger partial charge < -0.3 is 0 Å². The molecule has 3 nitrogen and oxygen atoms in total. The first kappa shape index (κ1) is 9.19. The van der Waals surface area contributed by atoms with Crippen molar-refractivity contribution in [1.82, 2.24) is 15.0 Å². The lowest BCUT2D eigenvalue weighted by molar-refractivity contribution is 0.823. The Morgan fingerprint density at radius 2 is 2.15 bits per heavy atom. The van der Waals surface area contributed by atoms with E-state index in [-0.39, 0.29) is 0 Å². The lowest BCUT2D eigenvalue weighted by Gasteiger charge is -1.96. The molecular weight excluding hydrogens is 162 g/mol. The van der Waals surface area contributed by atoms with Crippen LogP contribution in [0.5, 0.6) is 0 Å². The van der Waals surface area contributed by atoms with Gasteiger partial charge in [-0.15, -0.1) is 5.10 Å². The van der Waals surface area contributed by atoms with Crippen molar-refractivity contribution in [2.45, 2.75) is 0 Å². The zero-order chi connectivity index (χ0) is 9.68. The minimum absolute atomic E-state index is 0.733. The van der Waals surface area contributed by atoms with Crippen molar-refractivity contribution in [1.29, 1.82) is 0 Å². The summed E-state index contributed by atoms with van der Waals surface area (Å²) in [4.78, 5) is 0. The van der Waals surface area contributed by atoms with Gasteiger partial charge in [0.25, 0.3) is 0 Å². The number of aromatic nitrogens is 3. The van der Waals surface area contributed by atoms with Crippen LogP contribution in [0.4, 0.5) is 0 Å². The summed E-state index contributed by atoms with van der Waals surface area (Å²) < 4.78 is 1.62. The van der Waals surface area contributed by atoms with Crippen LogP contribution in [0.15, 0.2) is 44.2 Å². The van der Waals surface area contributed by atoms with Gasteiger partial charge >= 0.3 is 0 Å². The van der Waals surface area contributed by atoms with E-state index in [0.717, 1.165) is 11.4 Å². The Labute approximate surface area is 77.4 Å². The van der Waals surface area contributed by atoms with Crippen LogP contribution in [0.3, 0.4) is 0 Å². The quantitative estimate of drug-likeness (QED) is 0.653. The number of rotatable bonds is 4. The normalized spacial score (nSPS) is 10.9. The predicted octanol–water partition coefficient (Wildman–Crippen LogP) is 2.13. The van der Waals surface area contributed by atoms with Crippen molar-refractivity contribution < 1.29 is 0 Å². The van der Waals surface area contributed by atoms with Crippen LogP contribution in [0.2, 0.25) is 0 Å². The van der Waals surface area contributed by atoms with Gasteiger partial charge in [-0.3, -0.25) is 0 Å². The number of hydrogen-bond acceptors (Lipinski definition) is 2. The SMILES string of the molecule is C=C/C=C(\C=C)n1cc(C=C)nn1. The van der Waals surface area contributed by atoms with Crippen molar-refractivity contribution >= 4 is 11.8 Å². The Morgan fingerprint density at radius 1 is 1.38 bits per heavy atom. The van der Waals surface area contributed by atoms with E-state index in [1.54, 1.807) is 35.2 Å². The lowest BCUT2D eigenvalue weighted by atomic mass is 10.4. The van der Waals surface area contributed by atoms with Crippen LogP contribution in [0, 0.1) is 0 Å². The Hall–Kier alpha value is -1.90. The Kier molecular flexibility index (Phi) is 2.97. The fraction of sp³-hybridized carbons (Fsp3) is 0. The van der Waals surface area contributed by atoms with E-state index in [0.29, 0.717) is 0 Å². The molecule has 1 heterocycles. The first-order valence-electron chi connectivity index (χ1n) is 3.82. The molecule has 0 bridgehead atoms. The molecule has 0 spiro atoms. The highest BCUT2D eigenvalue weighted by Gasteiger charge is 1.97. The monoisotopic (exact) mass is 173 g/mol. The standard InChI is InChI=1S/C10H11N3/c1-4-7-10(6-3)13-8-9(5-2)11-12-13/h4-8H,1-3H2/b10-7+. The third kappa shape index (κ3) is 2.02. The summed E-state index contributed by atoms with van der Waals surface area (Å²) in [5.74, 6) is 0. The Bertz CT molecular complexity index is 358. The van der Waals surface area contributed by atoms with Gasteiger partial charge in [0.2, 0.25) is 0 Å². The minimum Gasteiger partial charge on any atom is -0.220 e. The first-order chi connectivity index (χ1) is 6.31. The van der Waals surface area contributed by atoms with Crippen molar-refractivity contribution in [3.63, 3.8) is 0 Å². The summed E-state index contributed by atoms with van der Waals surface area (Å²) >= 11 is 0. The van der Waals surface area contributed by atoms with E-state index in [1.165, 1.54) is 0 Å². The van der Waals surface area contributed by atoms with Crippen LogP contribution < -0.4 is 0 Å². The number of nitrogens with zero attached hydrogens (tertiary/aromatic N) is 3. The molecule has 0 saturated carbocycles. The van der Waals surface area contributed by atoms with Crippen LogP contribution in [0.25, 0.3) is 11.8 Å². The van der Waals surface area contributed by atoms with Crippen LogP contribution >= 0.6 is 0 Å². The maximum atomic E-state index is 3.88. The van der Waals surface area contributed by atoms with Gasteiger partial charge in [-0.2, -0.15) is 0 Å². The average Bonchev–Trinajstić information content (AvgIpc) is 2.62. The molecule has 0 N–H and O–H groups in total. The number of hydrogen-bond donors (Lipinski definition) is 0. The molecule has 0 saturated heterocycles. The van der Waals surface area contributed by atoms with Gasteiger partial charge in [-0.25, -0.2) is 4.68 Å². The molecule has 13 heavy (non-hydrogen) atoms. The minimum atomic E-state index is 0.733. The van der Waals surface area contributed by atoms with E-state index in [2.05, 4.69) is 30.0 Å². The van der Waals surface area contributed by atoms with Gasteiger partial charge in [-0.05, 0) is 18.2 Å². The summed E-state index contributed by atoms with van der Waals surface area (Å²) in [7, 11) is 0. The molecule has 0 unspecified atom stereocenters. The smallest absolute Gasteiger partial charge is 0.105 e. The van der Waals surface area contributed by atoms with Crippen LogP contribution in [0.1, 0.15) is 5.69 Å². The highest BCUT2D eigenvalue weighted by molar-refractivity contribution is 5.57. The molecule has 0 aliphatic rings. The fourth-order valence-corrected chi connectivity index (χ4v) is 0.855. The number of allylic oxidation sites excluding steroid dienone is 4. The first-order valence-corrected chi connectivity index (χ1v) is 3.82. The topological polar surface area (TPSA) is 30.7 Å². The van der Waals surface area contributed by atoms with Crippen LogP contribution in [-0.4, -0.2) is 15.0 Å². The molecule has 0 atom stereocenters. The molecule has 0 amide bonds. The van der Waals surface area contributed by atoms with Crippen molar-refractivity contribution in [3.8, 4) is 0 Å². The highest BCUT2D eigenvalue weighted by atomic mass is 15.4. The summed E-state index contributed by atoms with van der Waals surface area (Å²) in [5, 5.41) is 7.74. The third-order valence-electron chi connectivity index (χ3n) is 1.48.